The molecule has 0 fully saturated rings. The number of nitrogens with zero attached hydrogens (tertiary/aromatic N) is 1. The zero-order valence-corrected chi connectivity index (χ0v) is 11.7. The second-order valence-electron chi connectivity index (χ2n) is 4.23. The first-order valence-electron chi connectivity index (χ1n) is 6.02. The zero-order valence-electron chi connectivity index (χ0n) is 10.2. The van der Waals surface area contributed by atoms with E-state index in [1.807, 2.05) is 6.07 Å². The fraction of sp³-hybridized carbons (Fsp3) is 0.267. The SMILES string of the molecule is CCc1ccc(C(Cl)Cc2ccncc2Cl)cc1. The van der Waals surface area contributed by atoms with Crippen LogP contribution in [0.5, 0.6) is 0 Å². The smallest absolute Gasteiger partial charge is 0.0626 e. The van der Waals surface area contributed by atoms with E-state index >= 15 is 0 Å². The average Bonchev–Trinajstić information content (AvgIpc) is 2.41. The van der Waals surface area contributed by atoms with Crippen molar-refractivity contribution < 1.29 is 0 Å². The van der Waals surface area contributed by atoms with Crippen molar-refractivity contribution in [2.45, 2.75) is 25.1 Å². The van der Waals surface area contributed by atoms with Gasteiger partial charge in [-0.1, -0.05) is 42.8 Å². The monoisotopic (exact) mass is 279 g/mol. The number of aryl methyl sites for hydroxylation is 1. The molecule has 94 valence electrons. The van der Waals surface area contributed by atoms with Gasteiger partial charge in [0, 0.05) is 12.4 Å². The topological polar surface area (TPSA) is 12.9 Å². The number of halogens is 2. The van der Waals surface area contributed by atoms with E-state index in [2.05, 4.69) is 36.2 Å². The zero-order chi connectivity index (χ0) is 13.0. The van der Waals surface area contributed by atoms with Crippen molar-refractivity contribution in [2.24, 2.45) is 0 Å². The van der Waals surface area contributed by atoms with Gasteiger partial charge in [-0.25, -0.2) is 0 Å². The fourth-order valence-corrected chi connectivity index (χ4v) is 2.35. The molecule has 0 saturated heterocycles. The van der Waals surface area contributed by atoms with Crippen molar-refractivity contribution in [3.63, 3.8) is 0 Å². The Balaban J connectivity index is 2.11. The van der Waals surface area contributed by atoms with Gasteiger partial charge in [0.2, 0.25) is 0 Å². The van der Waals surface area contributed by atoms with Gasteiger partial charge in [0.1, 0.15) is 0 Å². The minimum Gasteiger partial charge on any atom is -0.263 e. The van der Waals surface area contributed by atoms with Gasteiger partial charge < -0.3 is 0 Å². The van der Waals surface area contributed by atoms with E-state index in [4.69, 9.17) is 23.2 Å². The largest absolute Gasteiger partial charge is 0.263 e. The molecule has 0 aliphatic heterocycles. The summed E-state index contributed by atoms with van der Waals surface area (Å²) in [5, 5.41) is 0.615. The molecule has 3 heteroatoms. The van der Waals surface area contributed by atoms with E-state index in [1.165, 1.54) is 5.56 Å². The maximum atomic E-state index is 6.43. The highest BCUT2D eigenvalue weighted by Gasteiger charge is 2.11. The number of benzene rings is 1. The number of rotatable bonds is 4. The number of pyridine rings is 1. The lowest BCUT2D eigenvalue weighted by molar-refractivity contribution is 0.914. The van der Waals surface area contributed by atoms with E-state index in [0.717, 1.165) is 17.5 Å². The van der Waals surface area contributed by atoms with Gasteiger partial charge in [-0.3, -0.25) is 4.98 Å². The molecule has 0 radical (unpaired) electrons. The first kappa shape index (κ1) is 13.4. The summed E-state index contributed by atoms with van der Waals surface area (Å²) in [5.74, 6) is 0. The minimum atomic E-state index is -0.0594. The molecule has 0 aliphatic carbocycles. The summed E-state index contributed by atoms with van der Waals surface area (Å²) < 4.78 is 0. The molecule has 1 aromatic heterocycles. The number of hydrogen-bond acceptors (Lipinski definition) is 1. The molecule has 0 spiro atoms. The Morgan fingerprint density at radius 2 is 1.89 bits per heavy atom. The summed E-state index contributed by atoms with van der Waals surface area (Å²) in [6, 6.07) is 10.3. The summed E-state index contributed by atoms with van der Waals surface area (Å²) in [7, 11) is 0. The van der Waals surface area contributed by atoms with Crippen LogP contribution < -0.4 is 0 Å². The second kappa shape index (κ2) is 6.21. The summed E-state index contributed by atoms with van der Waals surface area (Å²) in [5.41, 5.74) is 3.48. The second-order valence-corrected chi connectivity index (χ2v) is 5.17. The lowest BCUT2D eigenvalue weighted by Crippen LogP contribution is -1.97. The van der Waals surface area contributed by atoms with Crippen LogP contribution >= 0.6 is 23.2 Å². The third-order valence-electron chi connectivity index (χ3n) is 3.01. The van der Waals surface area contributed by atoms with Crippen LogP contribution in [0.2, 0.25) is 5.02 Å². The highest BCUT2D eigenvalue weighted by molar-refractivity contribution is 6.31. The molecule has 1 atom stereocenters. The van der Waals surface area contributed by atoms with Crippen molar-refractivity contribution in [1.82, 2.24) is 4.98 Å². The highest BCUT2D eigenvalue weighted by Crippen LogP contribution is 2.28. The molecule has 0 bridgehead atoms. The van der Waals surface area contributed by atoms with Gasteiger partial charge in [0.05, 0.1) is 10.4 Å². The summed E-state index contributed by atoms with van der Waals surface area (Å²) in [6.45, 7) is 2.14. The van der Waals surface area contributed by atoms with Crippen LogP contribution in [-0.2, 0) is 12.8 Å². The van der Waals surface area contributed by atoms with E-state index in [0.29, 0.717) is 11.4 Å². The molecule has 1 heterocycles. The lowest BCUT2D eigenvalue weighted by Gasteiger charge is -2.11. The predicted molar refractivity (Wildman–Crippen MR) is 77.4 cm³/mol. The lowest BCUT2D eigenvalue weighted by atomic mass is 10.0. The first-order chi connectivity index (χ1) is 8.70. The Morgan fingerprint density at radius 1 is 1.17 bits per heavy atom. The van der Waals surface area contributed by atoms with Gasteiger partial charge in [-0.2, -0.15) is 0 Å². The van der Waals surface area contributed by atoms with E-state index in [-0.39, 0.29) is 5.38 Å². The van der Waals surface area contributed by atoms with Crippen LogP contribution in [0.15, 0.2) is 42.7 Å². The molecule has 0 saturated carbocycles. The van der Waals surface area contributed by atoms with E-state index in [1.54, 1.807) is 12.4 Å². The first-order valence-corrected chi connectivity index (χ1v) is 6.83. The predicted octanol–water partition coefficient (Wildman–Crippen LogP) is 4.82. The van der Waals surface area contributed by atoms with E-state index in [9.17, 15) is 0 Å². The third kappa shape index (κ3) is 3.24. The standard InChI is InChI=1S/C15H15Cl2N/c1-2-11-3-5-12(6-4-11)14(16)9-13-7-8-18-10-15(13)17/h3-8,10,14H,2,9H2,1H3. The third-order valence-corrected chi connectivity index (χ3v) is 3.75. The van der Waals surface area contributed by atoms with Crippen molar-refractivity contribution in [3.05, 3.63) is 64.4 Å². The molecular formula is C15H15Cl2N. The van der Waals surface area contributed by atoms with Gasteiger partial charge >= 0.3 is 0 Å². The molecule has 1 unspecified atom stereocenters. The molecular weight excluding hydrogens is 265 g/mol. The molecule has 1 aromatic carbocycles. The Bertz CT molecular complexity index is 508. The molecule has 0 N–H and O–H groups in total. The maximum Gasteiger partial charge on any atom is 0.0626 e. The molecule has 2 aromatic rings. The van der Waals surface area contributed by atoms with Crippen LogP contribution in [-0.4, -0.2) is 4.98 Å². The summed E-state index contributed by atoms with van der Waals surface area (Å²) in [6.07, 6.45) is 5.16. The Labute approximate surface area is 118 Å². The maximum absolute atomic E-state index is 6.43. The summed E-state index contributed by atoms with van der Waals surface area (Å²) in [4.78, 5) is 3.97. The van der Waals surface area contributed by atoms with Crippen LogP contribution in [0.1, 0.15) is 29.0 Å². The van der Waals surface area contributed by atoms with Gasteiger partial charge in [-0.15, -0.1) is 11.6 Å². The average molecular weight is 280 g/mol. The number of aromatic nitrogens is 1. The fourth-order valence-electron chi connectivity index (χ4n) is 1.84. The Morgan fingerprint density at radius 3 is 2.50 bits per heavy atom. The molecule has 18 heavy (non-hydrogen) atoms. The van der Waals surface area contributed by atoms with E-state index < -0.39 is 0 Å². The van der Waals surface area contributed by atoms with Gasteiger partial charge in [0.15, 0.2) is 0 Å². The molecule has 1 nitrogen and oxygen atoms in total. The number of hydrogen-bond donors (Lipinski definition) is 0. The normalized spacial score (nSPS) is 12.4. The minimum absolute atomic E-state index is 0.0594. The molecule has 0 aliphatic rings. The van der Waals surface area contributed by atoms with Gasteiger partial charge in [-0.05, 0) is 35.6 Å². The van der Waals surface area contributed by atoms with Crippen molar-refractivity contribution in [1.29, 1.82) is 0 Å². The van der Waals surface area contributed by atoms with Gasteiger partial charge in [0.25, 0.3) is 0 Å². The van der Waals surface area contributed by atoms with Crippen LogP contribution in [0, 0.1) is 0 Å². The summed E-state index contributed by atoms with van der Waals surface area (Å²) >= 11 is 12.5. The van der Waals surface area contributed by atoms with Crippen molar-refractivity contribution in [2.75, 3.05) is 0 Å². The highest BCUT2D eigenvalue weighted by atomic mass is 35.5. The van der Waals surface area contributed by atoms with Crippen LogP contribution in [0.3, 0.4) is 0 Å². The van der Waals surface area contributed by atoms with Crippen molar-refractivity contribution >= 4 is 23.2 Å². The Kier molecular flexibility index (Phi) is 4.62. The van der Waals surface area contributed by atoms with Crippen LogP contribution in [0.4, 0.5) is 0 Å². The molecule has 2 rings (SSSR count). The van der Waals surface area contributed by atoms with Crippen molar-refractivity contribution in [3.8, 4) is 0 Å². The number of alkyl halides is 1. The molecule has 0 amide bonds. The Hall–Kier alpha value is -1.05. The van der Waals surface area contributed by atoms with Crippen LogP contribution in [0.25, 0.3) is 0 Å². The quantitative estimate of drug-likeness (QED) is 0.732.